The number of aliphatic hydroxyl groups excluding tert-OH is 1. The number of fused-ring (bicyclic) bond motifs is 1. The molecular weight excluding hydrogens is 736 g/mol. The fourth-order valence-corrected chi connectivity index (χ4v) is 5.63. The number of aromatic nitrogens is 2. The SMILES string of the molecule is [2H]CC(C)(C)C(=O)OC[C@H]1OC(Oc2nn(CCO)c3cccc(CCc4cccc(O)c4)c23)[C@H](OC(=O)C(C)(C)C[2H])[C@@H](OC(=O)C(C)(C)C[2H])[C@@H]1OC(=O)C(C)(C)C[2H]. The Balaban J connectivity index is 1.95. The normalized spacial score (nSPS) is 21.4. The number of esters is 4. The van der Waals surface area contributed by atoms with Crippen molar-refractivity contribution in [3.05, 3.63) is 53.6 Å². The highest BCUT2D eigenvalue weighted by atomic mass is 16.7. The van der Waals surface area contributed by atoms with Crippen molar-refractivity contribution in [1.82, 2.24) is 9.78 Å². The molecule has 0 amide bonds. The lowest BCUT2D eigenvalue weighted by Crippen LogP contribution is -2.65. The second-order valence-corrected chi connectivity index (χ2v) is 17.1. The van der Waals surface area contributed by atoms with E-state index in [1.165, 1.54) is 60.1 Å². The maximum absolute atomic E-state index is 13.9. The lowest BCUT2D eigenvalue weighted by Gasteiger charge is -2.45. The van der Waals surface area contributed by atoms with Crippen LogP contribution in [0.2, 0.25) is 0 Å². The Morgan fingerprint density at radius 3 is 1.91 bits per heavy atom. The minimum atomic E-state index is -1.75. The molecule has 0 spiro atoms. The zero-order valence-electron chi connectivity index (χ0n) is 38.2. The van der Waals surface area contributed by atoms with Gasteiger partial charge in [0.1, 0.15) is 18.5 Å². The van der Waals surface area contributed by atoms with Gasteiger partial charge in [0.2, 0.25) is 18.3 Å². The highest BCUT2D eigenvalue weighted by Crippen LogP contribution is 2.37. The summed E-state index contributed by atoms with van der Waals surface area (Å²) in [6.45, 7) is 9.36. The number of benzene rings is 2. The molecule has 14 nitrogen and oxygen atoms in total. The summed E-state index contributed by atoms with van der Waals surface area (Å²) in [6.07, 6.45) is -7.49. The Kier molecular flexibility index (Phi) is 12.0. The summed E-state index contributed by atoms with van der Waals surface area (Å²) in [5.41, 5.74) is -3.35. The average molecular weight is 801 g/mol. The number of hydrogen-bond acceptors (Lipinski definition) is 13. The van der Waals surface area contributed by atoms with Gasteiger partial charge in [-0.1, -0.05) is 24.3 Å². The van der Waals surface area contributed by atoms with Gasteiger partial charge in [-0.3, -0.25) is 23.9 Å². The van der Waals surface area contributed by atoms with Crippen LogP contribution in [-0.2, 0) is 62.2 Å². The van der Waals surface area contributed by atoms with E-state index in [4.69, 9.17) is 33.9 Å². The molecular formula is C43H60N2O12. The molecule has 2 aromatic carbocycles. The molecule has 3 aromatic rings. The van der Waals surface area contributed by atoms with Crippen LogP contribution in [0.25, 0.3) is 10.9 Å². The first-order valence-corrected chi connectivity index (χ1v) is 18.7. The Hall–Kier alpha value is -4.69. The van der Waals surface area contributed by atoms with Crippen LogP contribution in [0.4, 0.5) is 0 Å². The van der Waals surface area contributed by atoms with E-state index in [0.29, 0.717) is 23.7 Å². The van der Waals surface area contributed by atoms with Crippen molar-refractivity contribution < 1.29 is 63.3 Å². The number of aryl methyl sites for hydroxylation is 2. The molecule has 2 N–H and O–H groups in total. The van der Waals surface area contributed by atoms with E-state index < -0.39 is 104 Å². The lowest BCUT2D eigenvalue weighted by molar-refractivity contribution is -0.294. The standard InChI is InChI=1S/C43H60N2O12/c1-40(2,3)36(48)52-24-29-31(54-37(49)41(4,5)6)32(55-38(50)42(7,8)9)33(56-39(51)43(10,11)12)35(53-29)57-34-30-26(20-19-25-15-13-17-27(47)23-25)16-14-18-28(30)45(44-34)21-22-46/h13-18,23,29,31-33,35,46-47H,19-22,24H2,1-12H3/t29-,31-,32+,33-,35?/m1/s1/i1D,4D,7D,10D. The number of ether oxygens (including phenoxy) is 6. The number of nitrogens with zero attached hydrogens (tertiary/aromatic N) is 2. The molecule has 0 aliphatic carbocycles. The molecule has 2 heterocycles. The highest BCUT2D eigenvalue weighted by Gasteiger charge is 2.56. The van der Waals surface area contributed by atoms with Gasteiger partial charge in [0.25, 0.3) is 0 Å². The van der Waals surface area contributed by atoms with Crippen LogP contribution < -0.4 is 4.74 Å². The fourth-order valence-electron chi connectivity index (χ4n) is 5.63. The molecule has 0 bridgehead atoms. The first kappa shape index (κ1) is 39.2. The number of hydrogen-bond donors (Lipinski definition) is 2. The number of carbonyl (C=O) groups is 4. The zero-order valence-corrected chi connectivity index (χ0v) is 34.2. The summed E-state index contributed by atoms with van der Waals surface area (Å²) < 4.78 is 70.5. The predicted octanol–water partition coefficient (Wildman–Crippen LogP) is 6.09. The van der Waals surface area contributed by atoms with Crippen LogP contribution in [-0.4, -0.2) is 87.8 Å². The van der Waals surface area contributed by atoms with E-state index in [-0.39, 0.29) is 31.7 Å². The number of phenolic OH excluding ortho intramolecular Hbond substituents is 1. The molecule has 14 heteroatoms. The molecule has 1 unspecified atom stereocenters. The van der Waals surface area contributed by atoms with Gasteiger partial charge >= 0.3 is 23.9 Å². The van der Waals surface area contributed by atoms with E-state index in [1.54, 1.807) is 24.3 Å². The fraction of sp³-hybridized carbons (Fsp3) is 0.605. The van der Waals surface area contributed by atoms with E-state index in [2.05, 4.69) is 5.10 Å². The van der Waals surface area contributed by atoms with Crippen LogP contribution in [0, 0.1) is 21.7 Å². The molecule has 314 valence electrons. The van der Waals surface area contributed by atoms with Gasteiger partial charge < -0.3 is 38.6 Å². The van der Waals surface area contributed by atoms with Crippen molar-refractivity contribution in [2.75, 3.05) is 13.2 Å². The molecule has 4 rings (SSSR count). The Morgan fingerprint density at radius 1 is 0.772 bits per heavy atom. The Labute approximate surface area is 340 Å². The minimum Gasteiger partial charge on any atom is -0.508 e. The van der Waals surface area contributed by atoms with Crippen molar-refractivity contribution in [2.45, 2.75) is 133 Å². The van der Waals surface area contributed by atoms with Gasteiger partial charge in [-0.25, -0.2) is 0 Å². The van der Waals surface area contributed by atoms with Crippen LogP contribution in [0.1, 0.15) is 99.6 Å². The quantitative estimate of drug-likeness (QED) is 0.159. The zero-order chi connectivity index (χ0) is 45.5. The Morgan fingerprint density at radius 2 is 1.33 bits per heavy atom. The minimum absolute atomic E-state index is 0.0470. The topological polar surface area (TPSA) is 182 Å². The van der Waals surface area contributed by atoms with Crippen molar-refractivity contribution >= 4 is 34.8 Å². The van der Waals surface area contributed by atoms with Crippen LogP contribution in [0.5, 0.6) is 11.6 Å². The van der Waals surface area contributed by atoms with Crippen molar-refractivity contribution in [1.29, 1.82) is 0 Å². The van der Waals surface area contributed by atoms with Gasteiger partial charge in [-0.15, -0.1) is 5.10 Å². The van der Waals surface area contributed by atoms with Gasteiger partial charge in [-0.2, -0.15) is 0 Å². The molecule has 0 saturated carbocycles. The molecule has 1 fully saturated rings. The number of aromatic hydroxyl groups is 1. The van der Waals surface area contributed by atoms with E-state index in [1.807, 2.05) is 18.2 Å². The summed E-state index contributed by atoms with van der Waals surface area (Å²) in [5, 5.41) is 25.3. The summed E-state index contributed by atoms with van der Waals surface area (Å²) in [6, 6.07) is 12.3. The predicted molar refractivity (Wildman–Crippen MR) is 210 cm³/mol. The number of carbonyl (C=O) groups excluding carboxylic acids is 4. The van der Waals surface area contributed by atoms with Gasteiger partial charge in [-0.05, 0) is 125 Å². The summed E-state index contributed by atoms with van der Waals surface area (Å²) in [7, 11) is 0. The first-order chi connectivity index (χ1) is 28.5. The summed E-state index contributed by atoms with van der Waals surface area (Å²) in [4.78, 5) is 54.9. The second kappa shape index (κ2) is 17.4. The molecule has 1 aliphatic heterocycles. The third-order valence-electron chi connectivity index (χ3n) is 8.87. The lowest BCUT2D eigenvalue weighted by atomic mass is 9.93. The van der Waals surface area contributed by atoms with Gasteiger partial charge in [0.15, 0.2) is 12.2 Å². The van der Waals surface area contributed by atoms with Crippen LogP contribution in [0.15, 0.2) is 42.5 Å². The van der Waals surface area contributed by atoms with Crippen LogP contribution in [0.3, 0.4) is 0 Å². The third-order valence-corrected chi connectivity index (χ3v) is 8.87. The molecule has 0 radical (unpaired) electrons. The summed E-state index contributed by atoms with van der Waals surface area (Å²) >= 11 is 0. The monoisotopic (exact) mass is 800 g/mol. The van der Waals surface area contributed by atoms with Crippen molar-refractivity contribution in [2.24, 2.45) is 21.7 Å². The molecule has 1 aliphatic rings. The van der Waals surface area contributed by atoms with Gasteiger partial charge in [0, 0.05) is 5.48 Å². The van der Waals surface area contributed by atoms with Gasteiger partial charge in [0.05, 0.1) is 45.7 Å². The van der Waals surface area contributed by atoms with E-state index in [0.717, 1.165) is 11.1 Å². The molecule has 1 saturated heterocycles. The molecule has 57 heavy (non-hydrogen) atoms. The maximum Gasteiger partial charge on any atom is 0.311 e. The molecule has 5 atom stereocenters. The smallest absolute Gasteiger partial charge is 0.311 e. The highest BCUT2D eigenvalue weighted by molar-refractivity contribution is 5.88. The number of phenols is 1. The van der Waals surface area contributed by atoms with Crippen LogP contribution >= 0.6 is 0 Å². The Bertz CT molecular complexity index is 2020. The molecule has 1 aromatic heterocycles. The second-order valence-electron chi connectivity index (χ2n) is 17.1. The number of aliphatic hydroxyl groups is 1. The first-order valence-electron chi connectivity index (χ1n) is 21.5. The maximum atomic E-state index is 13.9. The number of rotatable bonds is 12. The average Bonchev–Trinajstić information content (AvgIpc) is 3.57. The largest absolute Gasteiger partial charge is 0.508 e. The summed E-state index contributed by atoms with van der Waals surface area (Å²) in [5.74, 6) is -3.51. The van der Waals surface area contributed by atoms with E-state index in [9.17, 15) is 29.4 Å². The third kappa shape index (κ3) is 11.5. The van der Waals surface area contributed by atoms with E-state index >= 15 is 0 Å². The van der Waals surface area contributed by atoms with Crippen molar-refractivity contribution in [3.8, 4) is 11.6 Å². The van der Waals surface area contributed by atoms with Crippen molar-refractivity contribution in [3.63, 3.8) is 0 Å².